The van der Waals surface area contributed by atoms with Crippen molar-refractivity contribution >= 4 is 7.37 Å². The maximum atomic E-state index is 12.4. The number of nitrogens with one attached hydrogen (secondary N) is 1. The van der Waals surface area contributed by atoms with Gasteiger partial charge in [0.25, 0.3) is 7.37 Å². The summed E-state index contributed by atoms with van der Waals surface area (Å²) in [5, 5.41) is 9.87. The van der Waals surface area contributed by atoms with Gasteiger partial charge in [-0.05, 0) is 12.8 Å². The van der Waals surface area contributed by atoms with Gasteiger partial charge in [0.1, 0.15) is 13.1 Å². The van der Waals surface area contributed by atoms with Crippen LogP contribution in [-0.4, -0.2) is 54.4 Å². The molecule has 1 aliphatic heterocycles. The molecule has 2 rings (SSSR count). The highest BCUT2D eigenvalue weighted by atomic mass is 31.2. The van der Waals surface area contributed by atoms with Crippen LogP contribution in [0.25, 0.3) is 0 Å². The zero-order chi connectivity index (χ0) is 12.3. The first-order valence-corrected chi connectivity index (χ1v) is 8.42. The van der Waals surface area contributed by atoms with Crippen LogP contribution in [0.5, 0.6) is 0 Å². The van der Waals surface area contributed by atoms with Gasteiger partial charge in [-0.3, -0.25) is 4.57 Å². The third-order valence-corrected chi connectivity index (χ3v) is 6.40. The Morgan fingerprint density at radius 2 is 1.88 bits per heavy atom. The molecule has 0 aromatic heterocycles. The summed E-state index contributed by atoms with van der Waals surface area (Å²) in [7, 11) is -3.24. The van der Waals surface area contributed by atoms with Gasteiger partial charge in [-0.25, -0.2) is 0 Å². The number of hydrogen-bond acceptors (Lipinski definition) is 3. The molecule has 1 unspecified atom stereocenters. The lowest BCUT2D eigenvalue weighted by atomic mass is 9.97. The molecule has 0 aromatic rings. The van der Waals surface area contributed by atoms with Gasteiger partial charge in [0.15, 0.2) is 6.29 Å². The molecule has 0 spiro atoms. The molecular formula is C11H23NO4P+. The molecule has 5 nitrogen and oxygen atoms in total. The van der Waals surface area contributed by atoms with Crippen LogP contribution in [0, 0.1) is 0 Å². The first kappa shape index (κ1) is 13.5. The average molecular weight is 264 g/mol. The summed E-state index contributed by atoms with van der Waals surface area (Å²) in [4.78, 5) is 11.3. The van der Waals surface area contributed by atoms with E-state index < -0.39 is 19.1 Å². The van der Waals surface area contributed by atoms with Crippen LogP contribution in [0.3, 0.4) is 0 Å². The fourth-order valence-electron chi connectivity index (χ4n) is 2.82. The monoisotopic (exact) mass is 264 g/mol. The standard InChI is InChI=1S/C11H22NO4P/c13-10-3-1-2-4-11(10)17(14,15)9-12-5-7-16-8-6-12/h10-11,13H,1-9H2,(H,14,15)/p+1/t10-,11+/m1/s1. The lowest BCUT2D eigenvalue weighted by molar-refractivity contribution is -0.897. The van der Waals surface area contributed by atoms with Gasteiger partial charge in [0.05, 0.1) is 25.0 Å². The van der Waals surface area contributed by atoms with E-state index in [1.807, 2.05) is 0 Å². The predicted octanol–water partition coefficient (Wildman–Crippen LogP) is -0.567. The molecule has 0 bridgehead atoms. The first-order chi connectivity index (χ1) is 8.09. The summed E-state index contributed by atoms with van der Waals surface area (Å²) in [6.45, 7) is 2.94. The summed E-state index contributed by atoms with van der Waals surface area (Å²) in [6.07, 6.45) is 3.01. The van der Waals surface area contributed by atoms with Crippen LogP contribution in [0.15, 0.2) is 0 Å². The molecule has 1 saturated carbocycles. The Labute approximate surface area is 102 Å². The zero-order valence-electron chi connectivity index (χ0n) is 10.2. The molecule has 0 radical (unpaired) electrons. The zero-order valence-corrected chi connectivity index (χ0v) is 11.1. The second-order valence-corrected chi connectivity index (χ2v) is 7.69. The van der Waals surface area contributed by atoms with Crippen LogP contribution >= 0.6 is 7.37 Å². The van der Waals surface area contributed by atoms with Crippen molar-refractivity contribution in [2.24, 2.45) is 0 Å². The lowest BCUT2D eigenvalue weighted by Crippen LogP contribution is -3.14. The summed E-state index contributed by atoms with van der Waals surface area (Å²) >= 11 is 0. The van der Waals surface area contributed by atoms with E-state index in [0.29, 0.717) is 26.1 Å². The fraction of sp³-hybridized carbons (Fsp3) is 1.00. The minimum Gasteiger partial charge on any atom is -0.392 e. The normalized spacial score (nSPS) is 35.4. The number of morpholine rings is 1. The Hall–Kier alpha value is 0.0700. The van der Waals surface area contributed by atoms with E-state index in [2.05, 4.69) is 0 Å². The van der Waals surface area contributed by atoms with Gasteiger partial charge in [0, 0.05) is 0 Å². The Morgan fingerprint density at radius 1 is 1.24 bits per heavy atom. The number of hydrogen-bond donors (Lipinski definition) is 3. The van der Waals surface area contributed by atoms with Crippen molar-refractivity contribution in [3.63, 3.8) is 0 Å². The number of aliphatic hydroxyl groups is 1. The quantitative estimate of drug-likeness (QED) is 0.597. The van der Waals surface area contributed by atoms with Crippen LogP contribution < -0.4 is 4.90 Å². The first-order valence-electron chi connectivity index (χ1n) is 6.50. The molecule has 1 heterocycles. The van der Waals surface area contributed by atoms with Crippen molar-refractivity contribution in [1.82, 2.24) is 0 Å². The second-order valence-electron chi connectivity index (χ2n) is 5.20. The topological polar surface area (TPSA) is 71.2 Å². The highest BCUT2D eigenvalue weighted by Crippen LogP contribution is 2.50. The van der Waals surface area contributed by atoms with Gasteiger partial charge >= 0.3 is 0 Å². The smallest absolute Gasteiger partial charge is 0.258 e. The van der Waals surface area contributed by atoms with E-state index in [-0.39, 0.29) is 6.29 Å². The third kappa shape index (κ3) is 3.52. The highest BCUT2D eigenvalue weighted by Gasteiger charge is 2.41. The van der Waals surface area contributed by atoms with Gasteiger partial charge < -0.3 is 19.6 Å². The van der Waals surface area contributed by atoms with Crippen molar-refractivity contribution in [1.29, 1.82) is 0 Å². The average Bonchev–Trinajstić information content (AvgIpc) is 2.30. The SMILES string of the molecule is O=P(O)(C[NH+]1CCOCC1)[C@H]1CCCC[C@H]1O. The van der Waals surface area contributed by atoms with Gasteiger partial charge in [-0.15, -0.1) is 0 Å². The molecule has 1 aliphatic carbocycles. The van der Waals surface area contributed by atoms with Crippen LogP contribution in [-0.2, 0) is 9.30 Å². The Bertz CT molecular complexity index is 293. The van der Waals surface area contributed by atoms with Crippen molar-refractivity contribution in [3.05, 3.63) is 0 Å². The molecule has 17 heavy (non-hydrogen) atoms. The van der Waals surface area contributed by atoms with Gasteiger partial charge in [0.2, 0.25) is 0 Å². The van der Waals surface area contributed by atoms with E-state index in [1.54, 1.807) is 0 Å². The second kappa shape index (κ2) is 5.81. The molecule has 2 aliphatic rings. The summed E-state index contributed by atoms with van der Waals surface area (Å²) in [5.74, 6) is 0. The molecule has 100 valence electrons. The molecule has 0 amide bonds. The minimum absolute atomic E-state index is 0.290. The lowest BCUT2D eigenvalue weighted by Gasteiger charge is -2.33. The summed E-state index contributed by atoms with van der Waals surface area (Å²) in [5.41, 5.74) is -0.397. The number of ether oxygens (including phenoxy) is 1. The van der Waals surface area contributed by atoms with Crippen molar-refractivity contribution in [2.75, 3.05) is 32.6 Å². The minimum atomic E-state index is -3.24. The molecular weight excluding hydrogens is 241 g/mol. The molecule has 1 saturated heterocycles. The van der Waals surface area contributed by atoms with Gasteiger partial charge in [-0.1, -0.05) is 12.8 Å². The van der Waals surface area contributed by atoms with Crippen LogP contribution in [0.2, 0.25) is 0 Å². The van der Waals surface area contributed by atoms with E-state index in [4.69, 9.17) is 4.74 Å². The predicted molar refractivity (Wildman–Crippen MR) is 64.5 cm³/mol. The van der Waals surface area contributed by atoms with E-state index in [1.165, 1.54) is 0 Å². The molecule has 2 fully saturated rings. The number of quaternary nitrogens is 1. The Balaban J connectivity index is 1.94. The highest BCUT2D eigenvalue weighted by molar-refractivity contribution is 7.58. The number of rotatable bonds is 3. The fourth-order valence-corrected chi connectivity index (χ4v) is 5.28. The van der Waals surface area contributed by atoms with Crippen molar-refractivity contribution < 1.29 is 24.2 Å². The van der Waals surface area contributed by atoms with E-state index in [0.717, 1.165) is 30.8 Å². The van der Waals surface area contributed by atoms with E-state index in [9.17, 15) is 14.6 Å². The molecule has 6 heteroatoms. The third-order valence-electron chi connectivity index (χ3n) is 3.86. The summed E-state index contributed by atoms with van der Waals surface area (Å²) < 4.78 is 17.6. The molecule has 3 atom stereocenters. The van der Waals surface area contributed by atoms with Crippen molar-refractivity contribution in [2.45, 2.75) is 37.4 Å². The maximum Gasteiger partial charge on any atom is 0.258 e. The van der Waals surface area contributed by atoms with Crippen molar-refractivity contribution in [3.8, 4) is 0 Å². The van der Waals surface area contributed by atoms with Crippen LogP contribution in [0.4, 0.5) is 0 Å². The molecule has 0 aromatic carbocycles. The Morgan fingerprint density at radius 3 is 2.53 bits per heavy atom. The van der Waals surface area contributed by atoms with Crippen LogP contribution in [0.1, 0.15) is 25.7 Å². The summed E-state index contributed by atoms with van der Waals surface area (Å²) in [6, 6.07) is 0. The number of aliphatic hydroxyl groups excluding tert-OH is 1. The molecule has 3 N–H and O–H groups in total. The largest absolute Gasteiger partial charge is 0.392 e. The Kier molecular flexibility index (Phi) is 4.61. The van der Waals surface area contributed by atoms with Gasteiger partial charge in [-0.2, -0.15) is 0 Å². The maximum absolute atomic E-state index is 12.4. The van der Waals surface area contributed by atoms with E-state index >= 15 is 0 Å².